The van der Waals surface area contributed by atoms with Gasteiger partial charge in [-0.15, -0.1) is 0 Å². The molecule has 3 aromatic rings. The third-order valence-corrected chi connectivity index (χ3v) is 9.56. The van der Waals surface area contributed by atoms with E-state index in [0.29, 0.717) is 37.8 Å². The largest absolute Gasteiger partial charge is 0.506 e. The van der Waals surface area contributed by atoms with Gasteiger partial charge in [-0.25, -0.2) is 4.79 Å². The van der Waals surface area contributed by atoms with E-state index in [-0.39, 0.29) is 29.0 Å². The molecular weight excluding hydrogens is 482 g/mol. The average molecular weight is 506 g/mol. The van der Waals surface area contributed by atoms with Crippen LogP contribution in [0.25, 0.3) is 28.4 Å². The normalized spacial score (nSPS) is 30.8. The van der Waals surface area contributed by atoms with Crippen molar-refractivity contribution in [2.75, 3.05) is 0 Å². The van der Waals surface area contributed by atoms with Crippen molar-refractivity contribution in [3.8, 4) is 17.1 Å². The number of amides is 1. The minimum Gasteiger partial charge on any atom is -0.506 e. The van der Waals surface area contributed by atoms with Gasteiger partial charge in [-0.1, -0.05) is 36.1 Å². The molecule has 2 aromatic heterocycles. The molecule has 1 N–H and O–H groups in total. The van der Waals surface area contributed by atoms with Crippen LogP contribution in [-0.2, 0) is 4.79 Å². The Hall–Kier alpha value is -2.84. The smallest absolute Gasteiger partial charge is 0.351 e. The van der Waals surface area contributed by atoms with Gasteiger partial charge in [0.1, 0.15) is 32.7 Å². The molecule has 1 aromatic carbocycles. The summed E-state index contributed by atoms with van der Waals surface area (Å²) in [5, 5.41) is 11.1. The van der Waals surface area contributed by atoms with E-state index in [1.807, 2.05) is 4.90 Å². The number of thioether (sulfide) groups is 1. The summed E-state index contributed by atoms with van der Waals surface area (Å²) in [6.45, 7) is 0. The fraction of sp³-hybridized carbons (Fsp3) is 0.370. The molecule has 1 aliphatic heterocycles. The first kappa shape index (κ1) is 21.4. The van der Waals surface area contributed by atoms with Crippen LogP contribution in [0.3, 0.4) is 0 Å². The predicted octanol–water partition coefficient (Wildman–Crippen LogP) is 5.78. The Bertz CT molecular complexity index is 1460. The molecule has 35 heavy (non-hydrogen) atoms. The summed E-state index contributed by atoms with van der Waals surface area (Å²) in [7, 11) is 0. The maximum absolute atomic E-state index is 13.5. The summed E-state index contributed by atoms with van der Waals surface area (Å²) in [5.74, 6) is 3.12. The molecular formula is C27H23NO5S2. The van der Waals surface area contributed by atoms with Gasteiger partial charge in [-0.2, -0.15) is 0 Å². The third kappa shape index (κ3) is 3.33. The average Bonchev–Trinajstić information content (AvgIpc) is 3.38. The molecule has 4 saturated carbocycles. The van der Waals surface area contributed by atoms with Crippen LogP contribution in [0.4, 0.5) is 0 Å². The molecule has 1 amide bonds. The van der Waals surface area contributed by atoms with Crippen molar-refractivity contribution >= 4 is 51.3 Å². The quantitative estimate of drug-likeness (QED) is 0.274. The third-order valence-electron chi connectivity index (χ3n) is 8.23. The second-order valence-corrected chi connectivity index (χ2v) is 12.0. The van der Waals surface area contributed by atoms with Crippen LogP contribution in [0.5, 0.6) is 5.75 Å². The first-order chi connectivity index (χ1) is 17.0. The number of para-hydroxylation sites is 1. The fourth-order valence-electron chi connectivity index (χ4n) is 7.10. The highest BCUT2D eigenvalue weighted by Gasteiger charge is 2.53. The van der Waals surface area contributed by atoms with E-state index in [1.54, 1.807) is 42.5 Å². The molecule has 5 aliphatic rings. The maximum Gasteiger partial charge on any atom is 0.351 e. The van der Waals surface area contributed by atoms with E-state index in [9.17, 15) is 14.7 Å². The molecule has 178 valence electrons. The van der Waals surface area contributed by atoms with E-state index in [1.165, 1.54) is 43.9 Å². The highest BCUT2D eigenvalue weighted by atomic mass is 32.2. The van der Waals surface area contributed by atoms with E-state index < -0.39 is 5.63 Å². The number of nitrogens with zero attached hydrogens (tertiary/aromatic N) is 1. The van der Waals surface area contributed by atoms with Crippen molar-refractivity contribution in [3.05, 3.63) is 57.5 Å². The van der Waals surface area contributed by atoms with Gasteiger partial charge in [0, 0.05) is 12.1 Å². The van der Waals surface area contributed by atoms with Crippen LogP contribution in [-0.4, -0.2) is 26.3 Å². The van der Waals surface area contributed by atoms with Gasteiger partial charge in [0.05, 0.1) is 10.3 Å². The Morgan fingerprint density at radius 3 is 2.43 bits per heavy atom. The minimum absolute atomic E-state index is 0.0375. The Morgan fingerprint density at radius 1 is 0.971 bits per heavy atom. The lowest BCUT2D eigenvalue weighted by molar-refractivity contribution is -0.130. The first-order valence-electron chi connectivity index (χ1n) is 12.1. The highest BCUT2D eigenvalue weighted by molar-refractivity contribution is 8.26. The number of carbonyl (C=O) groups excluding carboxylic acids is 1. The first-order valence-corrected chi connectivity index (χ1v) is 13.3. The zero-order chi connectivity index (χ0) is 23.8. The number of hydrogen-bond acceptors (Lipinski definition) is 7. The molecule has 0 atom stereocenters. The number of benzene rings is 1. The molecule has 0 radical (unpaired) electrons. The Kier molecular flexibility index (Phi) is 4.80. The van der Waals surface area contributed by atoms with Crippen LogP contribution in [0.1, 0.15) is 37.9 Å². The van der Waals surface area contributed by atoms with Crippen molar-refractivity contribution in [2.45, 2.75) is 38.1 Å². The Balaban J connectivity index is 1.19. The van der Waals surface area contributed by atoms with E-state index in [2.05, 4.69) is 0 Å². The van der Waals surface area contributed by atoms with Crippen molar-refractivity contribution in [2.24, 2.45) is 23.7 Å². The topological polar surface area (TPSA) is 83.9 Å². The lowest BCUT2D eigenvalue weighted by Gasteiger charge is -2.56. The Morgan fingerprint density at radius 2 is 1.69 bits per heavy atom. The number of carbonyl (C=O) groups is 1. The van der Waals surface area contributed by atoms with Gasteiger partial charge < -0.3 is 13.9 Å². The molecule has 1 saturated heterocycles. The lowest BCUT2D eigenvalue weighted by Crippen LogP contribution is -2.57. The number of furan rings is 1. The standard InChI is InChI=1S/C27H23NO5S2/c29-24-18-3-1-2-4-19(18)33-26(31)22(24)20-6-5-17(32-20)12-21-25(30)28(27(34)35-21)23-15-8-13-7-14(10-15)11-16(23)9-13/h1-6,12-16,23,29H,7-11H2/b21-12-. The van der Waals surface area contributed by atoms with Gasteiger partial charge in [0.2, 0.25) is 0 Å². The van der Waals surface area contributed by atoms with Crippen molar-refractivity contribution in [1.82, 2.24) is 4.90 Å². The number of hydrogen-bond donors (Lipinski definition) is 1. The van der Waals surface area contributed by atoms with Crippen LogP contribution < -0.4 is 5.63 Å². The minimum atomic E-state index is -0.685. The van der Waals surface area contributed by atoms with Crippen molar-refractivity contribution < 1.29 is 18.7 Å². The van der Waals surface area contributed by atoms with Crippen LogP contribution in [0.2, 0.25) is 0 Å². The van der Waals surface area contributed by atoms with Crippen molar-refractivity contribution in [3.63, 3.8) is 0 Å². The summed E-state index contributed by atoms with van der Waals surface area (Å²) in [6.07, 6.45) is 7.91. The molecule has 4 aliphatic carbocycles. The van der Waals surface area contributed by atoms with Crippen LogP contribution >= 0.6 is 24.0 Å². The van der Waals surface area contributed by atoms with Gasteiger partial charge in [0.15, 0.2) is 0 Å². The molecule has 6 nitrogen and oxygen atoms in total. The predicted molar refractivity (Wildman–Crippen MR) is 138 cm³/mol. The second-order valence-electron chi connectivity index (χ2n) is 10.3. The lowest BCUT2D eigenvalue weighted by atomic mass is 9.54. The molecule has 3 heterocycles. The fourth-order valence-corrected chi connectivity index (χ4v) is 8.43. The van der Waals surface area contributed by atoms with E-state index in [0.717, 1.165) is 11.8 Å². The number of aromatic hydroxyl groups is 1. The number of rotatable bonds is 3. The molecule has 0 unspecified atom stereocenters. The monoisotopic (exact) mass is 505 g/mol. The van der Waals surface area contributed by atoms with Gasteiger partial charge in [0.25, 0.3) is 5.91 Å². The van der Waals surface area contributed by atoms with E-state index >= 15 is 0 Å². The van der Waals surface area contributed by atoms with Gasteiger partial charge in [-0.3, -0.25) is 9.69 Å². The zero-order valence-corrected chi connectivity index (χ0v) is 20.4. The molecule has 8 rings (SSSR count). The van der Waals surface area contributed by atoms with Crippen molar-refractivity contribution in [1.29, 1.82) is 0 Å². The van der Waals surface area contributed by atoms with Crippen LogP contribution in [0.15, 0.2) is 54.9 Å². The summed E-state index contributed by atoms with van der Waals surface area (Å²) in [5.41, 5.74) is -0.418. The summed E-state index contributed by atoms with van der Waals surface area (Å²) < 4.78 is 11.9. The Labute approximate surface area is 211 Å². The highest BCUT2D eigenvalue weighted by Crippen LogP contribution is 2.56. The van der Waals surface area contributed by atoms with Gasteiger partial charge >= 0.3 is 5.63 Å². The molecule has 5 fully saturated rings. The second kappa shape index (κ2) is 7.83. The zero-order valence-electron chi connectivity index (χ0n) is 18.8. The number of thiocarbonyl (C=S) groups is 1. The van der Waals surface area contributed by atoms with E-state index in [4.69, 9.17) is 21.1 Å². The molecule has 4 bridgehead atoms. The summed E-state index contributed by atoms with van der Waals surface area (Å²) >= 11 is 6.99. The SMILES string of the molecule is O=C1/C(=C/c2ccc(-c3c(O)c4ccccc4oc3=O)o2)SC(=S)N1C1C2CC3CC(C2)CC1C3. The number of fused-ring (bicyclic) bond motifs is 1. The molecule has 8 heteroatoms. The van der Waals surface area contributed by atoms with Crippen LogP contribution in [0, 0.1) is 23.7 Å². The summed E-state index contributed by atoms with van der Waals surface area (Å²) in [4.78, 5) is 28.4. The van der Waals surface area contributed by atoms with Gasteiger partial charge in [-0.05, 0) is 80.0 Å². The molecule has 0 spiro atoms. The summed E-state index contributed by atoms with van der Waals surface area (Å²) in [6, 6.07) is 10.3. The maximum atomic E-state index is 13.5.